The molecule has 4 aromatic rings. The number of benzene rings is 2. The van der Waals surface area contributed by atoms with Crippen molar-refractivity contribution in [1.82, 2.24) is 18.7 Å². The third kappa shape index (κ3) is 4.51. The predicted molar refractivity (Wildman–Crippen MR) is 127 cm³/mol. The highest BCUT2D eigenvalue weighted by Gasteiger charge is 2.22. The second-order valence-electron chi connectivity index (χ2n) is 8.48. The number of aryl methyl sites for hydroxylation is 1. The van der Waals surface area contributed by atoms with Crippen LogP contribution in [-0.4, -0.2) is 30.4 Å². The van der Waals surface area contributed by atoms with Crippen LogP contribution in [0.4, 0.5) is 4.39 Å². The van der Waals surface area contributed by atoms with Crippen LogP contribution in [0.3, 0.4) is 0 Å². The van der Waals surface area contributed by atoms with Gasteiger partial charge in [-0.3, -0.25) is 18.5 Å². The molecule has 0 atom stereocenters. The number of imidazole rings is 1. The Hall–Kier alpha value is -3.72. The molecule has 0 radical (unpaired) electrons. The van der Waals surface area contributed by atoms with Crippen LogP contribution in [0.15, 0.2) is 58.1 Å². The SMILES string of the molecule is CC(C)c1ccc(Oc2nc3c(c(=O)n(CCCO)c(=O)n3C)n2Cc2ccc(F)cc2)cc1. The van der Waals surface area contributed by atoms with Gasteiger partial charge in [-0.2, -0.15) is 4.98 Å². The van der Waals surface area contributed by atoms with Crippen LogP contribution < -0.4 is 16.0 Å². The number of aliphatic hydroxyl groups excluding tert-OH is 1. The van der Waals surface area contributed by atoms with Gasteiger partial charge in [0.25, 0.3) is 5.56 Å². The maximum atomic E-state index is 13.5. The number of nitrogens with zero attached hydrogens (tertiary/aromatic N) is 4. The molecule has 34 heavy (non-hydrogen) atoms. The van der Waals surface area contributed by atoms with E-state index in [0.717, 1.165) is 15.7 Å². The fourth-order valence-corrected chi connectivity index (χ4v) is 3.80. The Labute approximate surface area is 195 Å². The van der Waals surface area contributed by atoms with Gasteiger partial charge in [-0.25, -0.2) is 9.18 Å². The number of hydrogen-bond acceptors (Lipinski definition) is 5. The zero-order chi connectivity index (χ0) is 24.4. The van der Waals surface area contributed by atoms with Gasteiger partial charge >= 0.3 is 11.7 Å². The number of ether oxygens (including phenoxy) is 1. The van der Waals surface area contributed by atoms with Crippen LogP contribution in [0, 0.1) is 5.82 Å². The lowest BCUT2D eigenvalue weighted by molar-refractivity contribution is 0.277. The zero-order valence-electron chi connectivity index (χ0n) is 19.4. The van der Waals surface area contributed by atoms with Gasteiger partial charge < -0.3 is 9.84 Å². The predicted octanol–water partition coefficient (Wildman–Crippen LogP) is 3.38. The smallest absolute Gasteiger partial charge is 0.332 e. The molecule has 0 saturated heterocycles. The van der Waals surface area contributed by atoms with Crippen LogP contribution in [0.25, 0.3) is 11.2 Å². The molecule has 0 aliphatic carbocycles. The minimum atomic E-state index is -0.523. The highest BCUT2D eigenvalue weighted by molar-refractivity contribution is 5.72. The Bertz CT molecular complexity index is 1420. The van der Waals surface area contributed by atoms with Gasteiger partial charge in [0.1, 0.15) is 11.6 Å². The van der Waals surface area contributed by atoms with Gasteiger partial charge in [0.05, 0.1) is 6.54 Å². The van der Waals surface area contributed by atoms with Crippen LogP contribution in [0.5, 0.6) is 11.8 Å². The number of hydrogen-bond donors (Lipinski definition) is 1. The van der Waals surface area contributed by atoms with E-state index >= 15 is 0 Å². The first-order valence-electron chi connectivity index (χ1n) is 11.1. The summed E-state index contributed by atoms with van der Waals surface area (Å²) in [4.78, 5) is 30.6. The van der Waals surface area contributed by atoms with Crippen LogP contribution in [0.2, 0.25) is 0 Å². The van der Waals surface area contributed by atoms with Crippen LogP contribution in [0.1, 0.15) is 37.3 Å². The molecule has 178 valence electrons. The molecule has 4 rings (SSSR count). The highest BCUT2D eigenvalue weighted by atomic mass is 19.1. The quantitative estimate of drug-likeness (QED) is 0.430. The molecule has 2 aromatic heterocycles. The monoisotopic (exact) mass is 466 g/mol. The minimum Gasteiger partial charge on any atom is -0.425 e. The summed E-state index contributed by atoms with van der Waals surface area (Å²) in [6.07, 6.45) is 0.262. The number of fused-ring (bicyclic) bond motifs is 1. The molecule has 0 aliphatic heterocycles. The number of aliphatic hydroxyl groups is 1. The van der Waals surface area contributed by atoms with Crippen molar-refractivity contribution in [1.29, 1.82) is 0 Å². The topological polar surface area (TPSA) is 91.3 Å². The second-order valence-corrected chi connectivity index (χ2v) is 8.48. The molecular formula is C25H27FN4O4. The van der Waals surface area contributed by atoms with Gasteiger partial charge in [0.15, 0.2) is 11.2 Å². The lowest BCUT2D eigenvalue weighted by atomic mass is 10.0. The Balaban J connectivity index is 1.88. The Morgan fingerprint density at radius 2 is 1.71 bits per heavy atom. The number of halogens is 1. The number of aromatic nitrogens is 4. The summed E-state index contributed by atoms with van der Waals surface area (Å²) in [6.45, 7) is 4.31. The molecule has 9 heteroatoms. The number of rotatable bonds is 8. The van der Waals surface area contributed by atoms with Gasteiger partial charge in [0, 0.05) is 20.2 Å². The van der Waals surface area contributed by atoms with E-state index in [1.54, 1.807) is 16.7 Å². The molecule has 0 unspecified atom stereocenters. The molecular weight excluding hydrogens is 439 g/mol. The highest BCUT2D eigenvalue weighted by Crippen LogP contribution is 2.27. The van der Waals surface area contributed by atoms with E-state index in [1.807, 2.05) is 24.3 Å². The van der Waals surface area contributed by atoms with E-state index < -0.39 is 11.2 Å². The molecule has 0 spiro atoms. The van der Waals surface area contributed by atoms with Gasteiger partial charge in [-0.1, -0.05) is 38.1 Å². The molecule has 0 saturated carbocycles. The molecule has 0 bridgehead atoms. The molecule has 1 N–H and O–H groups in total. The van der Waals surface area contributed by atoms with Gasteiger partial charge in [-0.05, 0) is 47.7 Å². The Morgan fingerprint density at radius 3 is 2.32 bits per heavy atom. The second kappa shape index (κ2) is 9.64. The summed E-state index contributed by atoms with van der Waals surface area (Å²) in [7, 11) is 1.54. The van der Waals surface area contributed by atoms with Crippen molar-refractivity contribution in [3.8, 4) is 11.8 Å². The Kier molecular flexibility index (Phi) is 6.65. The first kappa shape index (κ1) is 23.4. The maximum Gasteiger partial charge on any atom is 0.332 e. The lowest BCUT2D eigenvalue weighted by Crippen LogP contribution is -2.39. The molecule has 2 aromatic carbocycles. The summed E-state index contributed by atoms with van der Waals surface area (Å²) in [5.41, 5.74) is 1.22. The van der Waals surface area contributed by atoms with E-state index in [1.165, 1.54) is 23.7 Å². The first-order valence-corrected chi connectivity index (χ1v) is 11.1. The summed E-state index contributed by atoms with van der Waals surface area (Å²) in [5.74, 6) is 0.532. The van der Waals surface area contributed by atoms with Crippen LogP contribution in [-0.2, 0) is 20.1 Å². The van der Waals surface area contributed by atoms with Crippen molar-refractivity contribution < 1.29 is 14.2 Å². The van der Waals surface area contributed by atoms with Crippen molar-refractivity contribution in [3.63, 3.8) is 0 Å². The molecule has 0 aliphatic rings. The normalized spacial score (nSPS) is 11.5. The fourth-order valence-electron chi connectivity index (χ4n) is 3.80. The van der Waals surface area contributed by atoms with Crippen molar-refractivity contribution in [3.05, 3.63) is 86.3 Å². The lowest BCUT2D eigenvalue weighted by Gasteiger charge is -2.12. The zero-order valence-corrected chi connectivity index (χ0v) is 19.4. The Morgan fingerprint density at radius 1 is 1.03 bits per heavy atom. The minimum absolute atomic E-state index is 0.0759. The summed E-state index contributed by atoms with van der Waals surface area (Å²) in [5, 5.41) is 9.19. The van der Waals surface area contributed by atoms with E-state index in [9.17, 15) is 19.1 Å². The molecule has 8 nitrogen and oxygen atoms in total. The molecule has 0 fully saturated rings. The van der Waals surface area contributed by atoms with Crippen molar-refractivity contribution in [2.45, 2.75) is 39.3 Å². The van der Waals surface area contributed by atoms with E-state index in [4.69, 9.17) is 4.74 Å². The van der Waals surface area contributed by atoms with Crippen molar-refractivity contribution in [2.75, 3.05) is 6.61 Å². The fraction of sp³-hybridized carbons (Fsp3) is 0.320. The van der Waals surface area contributed by atoms with E-state index in [-0.39, 0.29) is 49.1 Å². The summed E-state index contributed by atoms with van der Waals surface area (Å²) in [6, 6.07) is 13.6. The van der Waals surface area contributed by atoms with Crippen molar-refractivity contribution in [2.24, 2.45) is 7.05 Å². The average Bonchev–Trinajstić information content (AvgIpc) is 3.17. The first-order chi connectivity index (χ1) is 16.3. The molecule has 2 heterocycles. The van der Waals surface area contributed by atoms with Crippen LogP contribution >= 0.6 is 0 Å². The molecule has 0 amide bonds. The largest absolute Gasteiger partial charge is 0.425 e. The summed E-state index contributed by atoms with van der Waals surface area (Å²) >= 11 is 0. The summed E-state index contributed by atoms with van der Waals surface area (Å²) < 4.78 is 23.5. The van der Waals surface area contributed by atoms with Crippen molar-refractivity contribution >= 4 is 11.2 Å². The third-order valence-electron chi connectivity index (χ3n) is 5.75. The van der Waals surface area contributed by atoms with Gasteiger partial charge in [-0.15, -0.1) is 0 Å². The third-order valence-corrected chi connectivity index (χ3v) is 5.75. The average molecular weight is 467 g/mol. The maximum absolute atomic E-state index is 13.5. The standard InChI is InChI=1S/C25H27FN4O4/c1-16(2)18-7-11-20(12-8-18)34-24-27-22-21(30(24)15-17-5-9-19(26)10-6-17)23(32)29(13-4-14-31)25(33)28(22)3/h5-12,16,31H,4,13-15H2,1-3H3. The van der Waals surface area contributed by atoms with E-state index in [0.29, 0.717) is 11.7 Å². The van der Waals surface area contributed by atoms with E-state index in [2.05, 4.69) is 18.8 Å². The van der Waals surface area contributed by atoms with Gasteiger partial charge in [0.2, 0.25) is 0 Å².